The maximum absolute atomic E-state index is 6.05. The molecule has 1 saturated heterocycles. The lowest BCUT2D eigenvalue weighted by atomic mass is 10.2. The summed E-state index contributed by atoms with van der Waals surface area (Å²) in [5.41, 5.74) is 4.28. The molecule has 1 aromatic heterocycles. The van der Waals surface area contributed by atoms with Gasteiger partial charge in [-0.25, -0.2) is 4.68 Å². The van der Waals surface area contributed by atoms with Crippen molar-refractivity contribution in [3.05, 3.63) is 76.6 Å². The topological polar surface area (TPSA) is 43.2 Å². The Bertz CT molecular complexity index is 879. The van der Waals surface area contributed by atoms with Gasteiger partial charge < -0.3 is 9.64 Å². The summed E-state index contributed by atoms with van der Waals surface area (Å²) in [5.74, 6) is 0. The molecule has 4 rings (SSSR count). The van der Waals surface area contributed by atoms with Gasteiger partial charge in [0.15, 0.2) is 6.23 Å². The predicted molar refractivity (Wildman–Crippen MR) is 97.8 cm³/mol. The first-order valence-electron chi connectivity index (χ1n) is 8.28. The third kappa shape index (κ3) is 3.52. The molecule has 0 saturated carbocycles. The van der Waals surface area contributed by atoms with E-state index in [1.807, 2.05) is 35.1 Å². The fourth-order valence-corrected chi connectivity index (χ4v) is 3.33. The number of aromatic nitrogens is 3. The molecule has 0 N–H and O–H groups in total. The summed E-state index contributed by atoms with van der Waals surface area (Å²) in [5, 5.41) is 9.30. The van der Waals surface area contributed by atoms with Crippen LogP contribution >= 0.6 is 11.6 Å². The number of nitrogens with zero attached hydrogens (tertiary/aromatic N) is 4. The Kier molecular flexibility index (Phi) is 4.42. The van der Waals surface area contributed by atoms with Crippen LogP contribution in [-0.2, 0) is 11.3 Å². The van der Waals surface area contributed by atoms with Gasteiger partial charge in [-0.15, -0.1) is 5.10 Å². The summed E-state index contributed by atoms with van der Waals surface area (Å²) in [6.07, 6.45) is 1.74. The van der Waals surface area contributed by atoms with E-state index < -0.39 is 0 Å². The zero-order valence-corrected chi connectivity index (χ0v) is 14.7. The second-order valence-electron chi connectivity index (χ2n) is 6.23. The summed E-state index contributed by atoms with van der Waals surface area (Å²) in [6.45, 7) is 4.25. The van der Waals surface area contributed by atoms with E-state index in [1.165, 1.54) is 5.56 Å². The van der Waals surface area contributed by atoms with Crippen LogP contribution in [0, 0.1) is 6.92 Å². The van der Waals surface area contributed by atoms with Crippen LogP contribution in [-0.4, -0.2) is 28.1 Å². The Morgan fingerprint density at radius 2 is 2.08 bits per heavy atom. The molecule has 0 amide bonds. The van der Waals surface area contributed by atoms with E-state index in [0.29, 0.717) is 13.2 Å². The average molecular weight is 355 g/mol. The van der Waals surface area contributed by atoms with Gasteiger partial charge in [-0.1, -0.05) is 41.1 Å². The Labute approximate surface area is 151 Å². The molecule has 25 heavy (non-hydrogen) atoms. The van der Waals surface area contributed by atoms with Gasteiger partial charge in [0.1, 0.15) is 5.69 Å². The summed E-state index contributed by atoms with van der Waals surface area (Å²) in [6, 6.07) is 16.2. The molecule has 3 aromatic rings. The highest BCUT2D eigenvalue weighted by molar-refractivity contribution is 6.30. The van der Waals surface area contributed by atoms with Crippen LogP contribution in [0.3, 0.4) is 0 Å². The Morgan fingerprint density at radius 1 is 1.20 bits per heavy atom. The third-order valence-electron chi connectivity index (χ3n) is 4.27. The summed E-state index contributed by atoms with van der Waals surface area (Å²) in [7, 11) is 0. The van der Waals surface area contributed by atoms with Crippen molar-refractivity contribution in [3.8, 4) is 0 Å². The van der Waals surface area contributed by atoms with E-state index in [9.17, 15) is 0 Å². The first-order chi connectivity index (χ1) is 12.2. The van der Waals surface area contributed by atoms with E-state index in [-0.39, 0.29) is 6.23 Å². The molecule has 1 atom stereocenters. The third-order valence-corrected chi connectivity index (χ3v) is 4.50. The lowest BCUT2D eigenvalue weighted by Gasteiger charge is -2.23. The minimum Gasteiger partial charge on any atom is -0.350 e. The van der Waals surface area contributed by atoms with Crippen molar-refractivity contribution in [3.63, 3.8) is 0 Å². The van der Waals surface area contributed by atoms with Crippen LogP contribution in [0.2, 0.25) is 5.02 Å². The van der Waals surface area contributed by atoms with Crippen molar-refractivity contribution >= 4 is 17.3 Å². The van der Waals surface area contributed by atoms with Crippen LogP contribution in [0.15, 0.2) is 54.7 Å². The molecule has 0 bridgehead atoms. The van der Waals surface area contributed by atoms with Gasteiger partial charge in [0, 0.05) is 17.3 Å². The zero-order valence-electron chi connectivity index (χ0n) is 14.0. The number of aryl methyl sites for hydroxylation is 1. The van der Waals surface area contributed by atoms with E-state index in [4.69, 9.17) is 16.3 Å². The maximum atomic E-state index is 6.05. The first kappa shape index (κ1) is 16.1. The number of rotatable bonds is 4. The van der Waals surface area contributed by atoms with Crippen molar-refractivity contribution in [2.24, 2.45) is 0 Å². The molecule has 1 fully saturated rings. The molecule has 2 aromatic carbocycles. The first-order valence-corrected chi connectivity index (χ1v) is 8.66. The normalized spacial score (nSPS) is 17.2. The minimum atomic E-state index is -0.199. The van der Waals surface area contributed by atoms with Gasteiger partial charge >= 0.3 is 0 Å². The SMILES string of the molecule is Cc1cccc(N2CCO[C@H]2c2cn(Cc3cccc(Cl)c3)nn2)c1. The smallest absolute Gasteiger partial charge is 0.177 e. The molecule has 5 nitrogen and oxygen atoms in total. The maximum Gasteiger partial charge on any atom is 0.177 e. The standard InChI is InChI=1S/C19H19ClN4O/c1-14-4-2-7-17(10-14)24-8-9-25-19(24)18-13-23(22-21-18)12-15-5-3-6-16(20)11-15/h2-7,10-11,13,19H,8-9,12H2,1H3/t19-/m0/s1. The van der Waals surface area contributed by atoms with Gasteiger partial charge in [-0.3, -0.25) is 0 Å². The number of benzene rings is 2. The predicted octanol–water partition coefficient (Wildman–Crippen LogP) is 3.82. The molecule has 1 aliphatic rings. The fourth-order valence-electron chi connectivity index (χ4n) is 3.11. The average Bonchev–Trinajstić information content (AvgIpc) is 3.23. The number of hydrogen-bond acceptors (Lipinski definition) is 4. The molecular weight excluding hydrogens is 336 g/mol. The van der Waals surface area contributed by atoms with Crippen LogP contribution in [0.5, 0.6) is 0 Å². The molecule has 0 spiro atoms. The van der Waals surface area contributed by atoms with Gasteiger partial charge in [0.05, 0.1) is 19.3 Å². The van der Waals surface area contributed by atoms with Crippen molar-refractivity contribution < 1.29 is 4.74 Å². The highest BCUT2D eigenvalue weighted by Gasteiger charge is 2.29. The van der Waals surface area contributed by atoms with Gasteiger partial charge in [-0.05, 0) is 42.3 Å². The fraction of sp³-hybridized carbons (Fsp3) is 0.263. The van der Waals surface area contributed by atoms with Crippen molar-refractivity contribution in [1.82, 2.24) is 15.0 Å². The molecule has 128 valence electrons. The van der Waals surface area contributed by atoms with Crippen molar-refractivity contribution in [2.45, 2.75) is 19.7 Å². The van der Waals surface area contributed by atoms with E-state index in [0.717, 1.165) is 28.5 Å². The Balaban J connectivity index is 1.54. The van der Waals surface area contributed by atoms with E-state index in [2.05, 4.69) is 46.4 Å². The minimum absolute atomic E-state index is 0.199. The number of halogens is 1. The van der Waals surface area contributed by atoms with Crippen LogP contribution in [0.4, 0.5) is 5.69 Å². The van der Waals surface area contributed by atoms with Crippen LogP contribution in [0.25, 0.3) is 0 Å². The monoisotopic (exact) mass is 354 g/mol. The number of ether oxygens (including phenoxy) is 1. The molecule has 2 heterocycles. The van der Waals surface area contributed by atoms with E-state index >= 15 is 0 Å². The highest BCUT2D eigenvalue weighted by Crippen LogP contribution is 2.31. The van der Waals surface area contributed by atoms with Crippen LogP contribution < -0.4 is 4.90 Å². The van der Waals surface area contributed by atoms with Gasteiger partial charge in [0.2, 0.25) is 0 Å². The Hall–Kier alpha value is -2.37. The van der Waals surface area contributed by atoms with Gasteiger partial charge in [0.25, 0.3) is 0 Å². The lowest BCUT2D eigenvalue weighted by molar-refractivity contribution is 0.110. The lowest BCUT2D eigenvalue weighted by Crippen LogP contribution is -2.23. The van der Waals surface area contributed by atoms with Crippen LogP contribution in [0.1, 0.15) is 23.0 Å². The highest BCUT2D eigenvalue weighted by atomic mass is 35.5. The molecule has 0 unspecified atom stereocenters. The molecule has 0 aliphatic carbocycles. The summed E-state index contributed by atoms with van der Waals surface area (Å²) < 4.78 is 7.73. The Morgan fingerprint density at radius 3 is 2.92 bits per heavy atom. The molecule has 6 heteroatoms. The molecule has 1 aliphatic heterocycles. The van der Waals surface area contributed by atoms with Gasteiger partial charge in [-0.2, -0.15) is 0 Å². The molecule has 0 radical (unpaired) electrons. The number of hydrogen-bond donors (Lipinski definition) is 0. The zero-order chi connectivity index (χ0) is 17.2. The van der Waals surface area contributed by atoms with E-state index in [1.54, 1.807) is 0 Å². The quantitative estimate of drug-likeness (QED) is 0.714. The summed E-state index contributed by atoms with van der Waals surface area (Å²) >= 11 is 6.05. The molecular formula is C19H19ClN4O. The second kappa shape index (κ2) is 6.86. The van der Waals surface area contributed by atoms with Crippen molar-refractivity contribution in [1.29, 1.82) is 0 Å². The second-order valence-corrected chi connectivity index (χ2v) is 6.66. The largest absolute Gasteiger partial charge is 0.350 e. The number of anilines is 1. The van der Waals surface area contributed by atoms with Crippen molar-refractivity contribution in [2.75, 3.05) is 18.1 Å². The summed E-state index contributed by atoms with van der Waals surface area (Å²) in [4.78, 5) is 2.22.